The Morgan fingerprint density at radius 1 is 1.17 bits per heavy atom. The van der Waals surface area contributed by atoms with Gasteiger partial charge in [-0.1, -0.05) is 0 Å². The number of ether oxygens (including phenoxy) is 3. The molecule has 0 saturated heterocycles. The second kappa shape index (κ2) is 10.3. The smallest absolute Gasteiger partial charge is 0.311 e. The van der Waals surface area contributed by atoms with Gasteiger partial charge in [0.2, 0.25) is 0 Å². The molecule has 0 aromatic carbocycles. The summed E-state index contributed by atoms with van der Waals surface area (Å²) in [7, 11) is 6.63. The van der Waals surface area contributed by atoms with Crippen molar-refractivity contribution in [3.8, 4) is 0 Å². The average molecular weight is 206 g/mol. The summed E-state index contributed by atoms with van der Waals surface area (Å²) < 4.78 is 14.5. The zero-order chi connectivity index (χ0) is 9.98. The maximum absolute atomic E-state index is 4.89. The van der Waals surface area contributed by atoms with Gasteiger partial charge in [0.1, 0.15) is 5.38 Å². The van der Waals surface area contributed by atoms with E-state index in [1.54, 1.807) is 21.3 Å². The molecule has 0 saturated carbocycles. The van der Waals surface area contributed by atoms with Crippen LogP contribution in [0.25, 0.3) is 0 Å². The fourth-order valence-corrected chi connectivity index (χ4v) is 0.862. The third kappa shape index (κ3) is 7.42. The highest BCUT2D eigenvalue weighted by atomic mass is 28.1. The van der Waals surface area contributed by atoms with Crippen molar-refractivity contribution < 1.29 is 14.2 Å². The second-order valence-electron chi connectivity index (χ2n) is 1.86. The molecule has 0 N–H and O–H groups in total. The molecule has 0 aromatic heterocycles. The Kier molecular flexibility index (Phi) is 11.9. The Bertz CT molecular complexity index is 140. The number of methoxy groups -OCH3 is 3. The predicted octanol–water partition coefficient (Wildman–Crippen LogP) is -1.09. The maximum atomic E-state index is 4.89. The van der Waals surface area contributed by atoms with Gasteiger partial charge in [-0.3, -0.25) is 0 Å². The van der Waals surface area contributed by atoms with Gasteiger partial charge in [0.25, 0.3) is 0 Å². The van der Waals surface area contributed by atoms with Gasteiger partial charge < -0.3 is 14.2 Å². The number of hydrogen-bond acceptors (Lipinski definition) is 3. The first-order valence-electron chi connectivity index (χ1n) is 3.57. The molecule has 0 aliphatic carbocycles. The molecule has 0 rings (SSSR count). The predicted molar refractivity (Wildman–Crippen MR) is 58.1 cm³/mol. The molecule has 0 spiro atoms. The van der Waals surface area contributed by atoms with E-state index in [0.717, 1.165) is 25.9 Å². The molecule has 0 aliphatic heterocycles. The van der Waals surface area contributed by atoms with Gasteiger partial charge in [0.05, 0.1) is 31.6 Å². The van der Waals surface area contributed by atoms with E-state index in [-0.39, 0.29) is 0 Å². The van der Waals surface area contributed by atoms with Crippen LogP contribution in [-0.4, -0.2) is 41.8 Å². The van der Waals surface area contributed by atoms with E-state index >= 15 is 0 Å². The lowest BCUT2D eigenvalue weighted by molar-refractivity contribution is 0.0758. The lowest BCUT2D eigenvalue weighted by Crippen LogP contribution is -1.98. The quantitative estimate of drug-likeness (QED) is 0.434. The molecule has 0 aromatic rings. The molecule has 0 unspecified atom stereocenters. The van der Waals surface area contributed by atoms with Gasteiger partial charge in [-0.15, -0.1) is 12.3 Å². The molecule has 0 amide bonds. The van der Waals surface area contributed by atoms with Crippen LogP contribution in [0.2, 0.25) is 0 Å². The molecule has 0 aliphatic rings. The monoisotopic (exact) mass is 206 g/mol. The first-order valence-corrected chi connectivity index (χ1v) is 5.73. The lowest BCUT2D eigenvalue weighted by Gasteiger charge is -2.06. The topological polar surface area (TPSA) is 27.7 Å². The molecule has 5 heteroatoms. The zero-order valence-corrected chi connectivity index (χ0v) is 12.5. The molecule has 72 valence electrons. The van der Waals surface area contributed by atoms with Crippen LogP contribution in [0.4, 0.5) is 0 Å². The lowest BCUT2D eigenvalue weighted by atomic mass is 10.9. The number of hydrogen-bond donors (Lipinski definition) is 0. The van der Waals surface area contributed by atoms with E-state index in [9.17, 15) is 0 Å². The Morgan fingerprint density at radius 3 is 1.58 bits per heavy atom. The van der Waals surface area contributed by atoms with Crippen molar-refractivity contribution >= 4 is 20.5 Å². The normalized spacial score (nSPS) is 7.58. The highest BCUT2D eigenvalue weighted by Crippen LogP contribution is 2.01. The van der Waals surface area contributed by atoms with E-state index < -0.39 is 0 Å². The van der Waals surface area contributed by atoms with Crippen molar-refractivity contribution in [3.05, 3.63) is 23.6 Å². The van der Waals surface area contributed by atoms with Gasteiger partial charge in [0, 0.05) is 10.2 Å². The highest BCUT2D eigenvalue weighted by molar-refractivity contribution is 6.20. The van der Waals surface area contributed by atoms with E-state index in [1.807, 2.05) is 5.70 Å². The van der Waals surface area contributed by atoms with Crippen molar-refractivity contribution in [1.29, 1.82) is 0 Å². The van der Waals surface area contributed by atoms with Crippen LogP contribution < -0.4 is 0 Å². The van der Waals surface area contributed by atoms with Crippen LogP contribution in [0, 0.1) is 0 Å². The molecular weight excluding hydrogens is 188 g/mol. The molecule has 0 fully saturated rings. The van der Waals surface area contributed by atoms with Gasteiger partial charge >= 0.3 is 5.95 Å². The molecule has 12 heavy (non-hydrogen) atoms. The molecule has 0 heterocycles. The summed E-state index contributed by atoms with van der Waals surface area (Å²) >= 11 is 0. The Labute approximate surface area is 80.2 Å². The van der Waals surface area contributed by atoms with Crippen molar-refractivity contribution in [1.82, 2.24) is 0 Å². The van der Waals surface area contributed by atoms with Crippen molar-refractivity contribution in [2.45, 2.75) is 0 Å². The summed E-state index contributed by atoms with van der Waals surface area (Å²) in [5.74, 6) is 0.476. The molecular formula is C7H18O3Si2. The van der Waals surface area contributed by atoms with E-state index in [0.29, 0.717) is 5.95 Å². The van der Waals surface area contributed by atoms with E-state index in [4.69, 9.17) is 14.2 Å². The van der Waals surface area contributed by atoms with Crippen LogP contribution >= 0.6 is 0 Å². The summed E-state index contributed by atoms with van der Waals surface area (Å²) in [5, 5.41) is 0.778. The summed E-state index contributed by atoms with van der Waals surface area (Å²) in [6, 6.07) is 0. The molecule has 0 atom stereocenters. The Hall–Kier alpha value is -0.686. The van der Waals surface area contributed by atoms with Crippen LogP contribution in [0.15, 0.2) is 23.6 Å². The fraction of sp³-hybridized carbons (Fsp3) is 0.429. The average Bonchev–Trinajstić information content (AvgIpc) is 2.08. The third-order valence-electron chi connectivity index (χ3n) is 0.964. The Morgan fingerprint density at radius 2 is 1.50 bits per heavy atom. The second-order valence-corrected chi connectivity index (χ2v) is 3.59. The summed E-state index contributed by atoms with van der Waals surface area (Å²) in [6.45, 7) is 3.42. The first-order chi connectivity index (χ1) is 5.67. The van der Waals surface area contributed by atoms with E-state index in [2.05, 4.69) is 6.58 Å². The van der Waals surface area contributed by atoms with Crippen LogP contribution in [0.1, 0.15) is 0 Å². The van der Waals surface area contributed by atoms with Crippen molar-refractivity contribution in [3.63, 3.8) is 0 Å². The minimum atomic E-state index is 0.476. The van der Waals surface area contributed by atoms with Crippen LogP contribution in [0.5, 0.6) is 0 Å². The minimum absolute atomic E-state index is 0.476. The maximum Gasteiger partial charge on any atom is 0.311 e. The Balaban J connectivity index is 0. The molecule has 3 nitrogen and oxygen atoms in total. The van der Waals surface area contributed by atoms with Crippen LogP contribution in [-0.2, 0) is 14.2 Å². The standard InChI is InChI=1S/C5H12O3Si.C2H6Si/c1-6-4(7-2)5(9)8-3;1-2-3/h1-3,9H3;2H,1H2,3H3. The summed E-state index contributed by atoms with van der Waals surface area (Å²) in [4.78, 5) is 0. The van der Waals surface area contributed by atoms with Crippen LogP contribution in [0.3, 0.4) is 0 Å². The highest BCUT2D eigenvalue weighted by Gasteiger charge is 1.98. The minimum Gasteiger partial charge on any atom is -0.500 e. The molecule has 0 radical (unpaired) electrons. The summed E-state index contributed by atoms with van der Waals surface area (Å²) in [6.07, 6.45) is 0. The van der Waals surface area contributed by atoms with Gasteiger partial charge in [-0.25, -0.2) is 0 Å². The van der Waals surface area contributed by atoms with Gasteiger partial charge in [0.15, 0.2) is 0 Å². The largest absolute Gasteiger partial charge is 0.500 e. The van der Waals surface area contributed by atoms with Gasteiger partial charge in [-0.2, -0.15) is 0 Å². The fourth-order valence-electron chi connectivity index (χ4n) is 0.454. The zero-order valence-electron chi connectivity index (χ0n) is 8.51. The SMILES string of the molecule is C=C[SiH3].COC([SiH3])=C(OC)OC. The van der Waals surface area contributed by atoms with E-state index in [1.165, 1.54) is 0 Å². The number of rotatable bonds is 3. The third-order valence-corrected chi connectivity index (χ3v) is 1.78. The molecule has 0 bridgehead atoms. The van der Waals surface area contributed by atoms with Crippen molar-refractivity contribution in [2.24, 2.45) is 0 Å². The summed E-state index contributed by atoms with van der Waals surface area (Å²) in [5.41, 5.74) is 1.89. The van der Waals surface area contributed by atoms with Gasteiger partial charge in [-0.05, 0) is 0 Å². The van der Waals surface area contributed by atoms with Crippen molar-refractivity contribution in [2.75, 3.05) is 21.3 Å². The first kappa shape index (κ1) is 13.9.